The van der Waals surface area contributed by atoms with Crippen LogP contribution in [0, 0.1) is 25.2 Å². The molecule has 0 saturated carbocycles. The number of nitriles is 1. The molecule has 6 heteroatoms. The summed E-state index contributed by atoms with van der Waals surface area (Å²) < 4.78 is 2.00. The first kappa shape index (κ1) is 17.1. The minimum atomic E-state index is -0.494. The van der Waals surface area contributed by atoms with Gasteiger partial charge in [0, 0.05) is 24.1 Å². The summed E-state index contributed by atoms with van der Waals surface area (Å²) >= 11 is 11.8. The number of aryl methyl sites for hydroxylation is 1. The Bertz CT molecular complexity index is 844. The molecule has 0 spiro atoms. The molecule has 118 valence electrons. The highest BCUT2D eigenvalue weighted by molar-refractivity contribution is 6.42. The number of aromatic nitrogens is 1. The quantitative estimate of drug-likeness (QED) is 0.656. The van der Waals surface area contributed by atoms with E-state index in [2.05, 4.69) is 5.32 Å². The van der Waals surface area contributed by atoms with Crippen molar-refractivity contribution in [3.05, 3.63) is 56.8 Å². The van der Waals surface area contributed by atoms with Crippen LogP contribution in [0.3, 0.4) is 0 Å². The molecular weight excluding hydrogens is 333 g/mol. The van der Waals surface area contributed by atoms with Crippen LogP contribution in [0.15, 0.2) is 29.8 Å². The van der Waals surface area contributed by atoms with Gasteiger partial charge in [0.2, 0.25) is 0 Å². The van der Waals surface area contributed by atoms with Crippen LogP contribution in [-0.4, -0.2) is 10.5 Å². The van der Waals surface area contributed by atoms with Gasteiger partial charge in [-0.15, -0.1) is 0 Å². The highest BCUT2D eigenvalue weighted by Gasteiger charge is 2.12. The van der Waals surface area contributed by atoms with Gasteiger partial charge in [0.25, 0.3) is 5.91 Å². The Morgan fingerprint density at radius 3 is 2.48 bits per heavy atom. The molecule has 0 bridgehead atoms. The van der Waals surface area contributed by atoms with E-state index in [1.807, 2.05) is 37.6 Å². The lowest BCUT2D eigenvalue weighted by atomic mass is 10.1. The van der Waals surface area contributed by atoms with E-state index in [9.17, 15) is 10.1 Å². The van der Waals surface area contributed by atoms with Crippen molar-refractivity contribution >= 4 is 40.9 Å². The fourth-order valence-electron chi connectivity index (χ4n) is 2.11. The smallest absolute Gasteiger partial charge is 0.266 e. The minimum Gasteiger partial charge on any atom is -0.352 e. The molecule has 0 saturated heterocycles. The molecule has 0 unspecified atom stereocenters. The van der Waals surface area contributed by atoms with Crippen LogP contribution in [0.1, 0.15) is 17.0 Å². The van der Waals surface area contributed by atoms with E-state index in [1.54, 1.807) is 18.2 Å². The fraction of sp³-hybridized carbons (Fsp3) is 0.176. The Morgan fingerprint density at radius 2 is 1.96 bits per heavy atom. The van der Waals surface area contributed by atoms with E-state index in [0.717, 1.165) is 17.0 Å². The number of anilines is 1. The third-order valence-electron chi connectivity index (χ3n) is 3.66. The number of carbonyl (C=O) groups is 1. The highest BCUT2D eigenvalue weighted by atomic mass is 35.5. The molecule has 23 heavy (non-hydrogen) atoms. The maximum Gasteiger partial charge on any atom is 0.266 e. The van der Waals surface area contributed by atoms with Gasteiger partial charge in [-0.3, -0.25) is 4.79 Å². The Hall–Kier alpha value is -2.22. The molecule has 1 N–H and O–H groups in total. The van der Waals surface area contributed by atoms with Gasteiger partial charge in [0.05, 0.1) is 10.0 Å². The van der Waals surface area contributed by atoms with Gasteiger partial charge in [0.1, 0.15) is 11.6 Å². The normalized spacial score (nSPS) is 11.2. The monoisotopic (exact) mass is 347 g/mol. The second kappa shape index (κ2) is 6.91. The van der Waals surface area contributed by atoms with Crippen molar-refractivity contribution in [2.24, 2.45) is 7.05 Å². The number of nitrogens with one attached hydrogen (secondary N) is 1. The number of halogens is 2. The average Bonchev–Trinajstić information content (AvgIpc) is 2.75. The molecule has 1 heterocycles. The van der Waals surface area contributed by atoms with Crippen LogP contribution in [0.4, 0.5) is 5.69 Å². The van der Waals surface area contributed by atoms with Crippen molar-refractivity contribution in [3.8, 4) is 6.07 Å². The number of carbonyl (C=O) groups excluding carboxylic acids is 1. The van der Waals surface area contributed by atoms with Crippen molar-refractivity contribution < 1.29 is 4.79 Å². The topological polar surface area (TPSA) is 57.8 Å². The van der Waals surface area contributed by atoms with E-state index in [4.69, 9.17) is 23.2 Å². The Morgan fingerprint density at radius 1 is 1.26 bits per heavy atom. The first-order chi connectivity index (χ1) is 10.8. The molecule has 0 atom stereocenters. The van der Waals surface area contributed by atoms with Crippen LogP contribution >= 0.6 is 23.2 Å². The zero-order valence-corrected chi connectivity index (χ0v) is 14.5. The molecule has 0 aliphatic rings. The fourth-order valence-corrected chi connectivity index (χ4v) is 2.41. The lowest BCUT2D eigenvalue weighted by Crippen LogP contribution is -2.13. The molecule has 0 radical (unpaired) electrons. The van der Waals surface area contributed by atoms with Gasteiger partial charge in [-0.05, 0) is 49.8 Å². The molecule has 2 aromatic rings. The number of benzene rings is 1. The van der Waals surface area contributed by atoms with Crippen molar-refractivity contribution in [3.63, 3.8) is 0 Å². The zero-order valence-electron chi connectivity index (χ0n) is 12.9. The molecule has 0 aliphatic carbocycles. The number of nitrogens with zero attached hydrogens (tertiary/aromatic N) is 2. The second-order valence-electron chi connectivity index (χ2n) is 5.14. The van der Waals surface area contributed by atoms with Crippen LogP contribution in [0.2, 0.25) is 10.0 Å². The maximum absolute atomic E-state index is 12.3. The Kier molecular flexibility index (Phi) is 5.15. The minimum absolute atomic E-state index is 0.0183. The Balaban J connectivity index is 2.28. The summed E-state index contributed by atoms with van der Waals surface area (Å²) in [6.45, 7) is 3.90. The maximum atomic E-state index is 12.3. The number of rotatable bonds is 3. The highest BCUT2D eigenvalue weighted by Crippen LogP contribution is 2.25. The Labute approximate surface area is 144 Å². The van der Waals surface area contributed by atoms with Gasteiger partial charge in [-0.2, -0.15) is 5.26 Å². The van der Waals surface area contributed by atoms with Crippen LogP contribution < -0.4 is 5.32 Å². The van der Waals surface area contributed by atoms with E-state index < -0.39 is 5.91 Å². The van der Waals surface area contributed by atoms with Crippen LogP contribution in [0.25, 0.3) is 6.08 Å². The summed E-state index contributed by atoms with van der Waals surface area (Å²) in [5, 5.41) is 12.6. The van der Waals surface area contributed by atoms with Gasteiger partial charge < -0.3 is 9.88 Å². The van der Waals surface area contributed by atoms with Crippen molar-refractivity contribution in [2.45, 2.75) is 13.8 Å². The number of hydrogen-bond donors (Lipinski definition) is 1. The lowest BCUT2D eigenvalue weighted by molar-refractivity contribution is -0.112. The summed E-state index contributed by atoms with van der Waals surface area (Å²) in [5.41, 5.74) is 3.37. The first-order valence-electron chi connectivity index (χ1n) is 6.84. The summed E-state index contributed by atoms with van der Waals surface area (Å²) in [6.07, 6.45) is 1.58. The molecule has 1 aromatic carbocycles. The molecule has 2 rings (SSSR count). The summed E-state index contributed by atoms with van der Waals surface area (Å²) in [6, 6.07) is 8.61. The SMILES string of the molecule is Cc1cc(/C=C(\C#N)C(=O)Nc2ccc(Cl)c(Cl)c2)c(C)n1C. The lowest BCUT2D eigenvalue weighted by Gasteiger charge is -2.05. The average molecular weight is 348 g/mol. The van der Waals surface area contributed by atoms with Crippen molar-refractivity contribution in [1.29, 1.82) is 5.26 Å². The van der Waals surface area contributed by atoms with Crippen molar-refractivity contribution in [2.75, 3.05) is 5.32 Å². The number of amides is 1. The van der Waals surface area contributed by atoms with Crippen LogP contribution in [-0.2, 0) is 11.8 Å². The standard InChI is InChI=1S/C17H15Cl2N3O/c1-10-6-12(11(2)22(10)3)7-13(9-20)17(23)21-14-4-5-15(18)16(19)8-14/h4-8H,1-3H3,(H,21,23)/b13-7+. The largest absolute Gasteiger partial charge is 0.352 e. The predicted molar refractivity (Wildman–Crippen MR) is 93.6 cm³/mol. The first-order valence-corrected chi connectivity index (χ1v) is 7.60. The summed E-state index contributed by atoms with van der Waals surface area (Å²) in [5.74, 6) is -0.494. The van der Waals surface area contributed by atoms with E-state index in [-0.39, 0.29) is 5.57 Å². The van der Waals surface area contributed by atoms with Gasteiger partial charge >= 0.3 is 0 Å². The predicted octanol–water partition coefficient (Wildman–Crippen LogP) is 4.49. The molecular formula is C17H15Cl2N3O. The third kappa shape index (κ3) is 3.76. The van der Waals surface area contributed by atoms with E-state index in [0.29, 0.717) is 15.7 Å². The van der Waals surface area contributed by atoms with Gasteiger partial charge in [-0.1, -0.05) is 23.2 Å². The van der Waals surface area contributed by atoms with Crippen molar-refractivity contribution in [1.82, 2.24) is 4.57 Å². The third-order valence-corrected chi connectivity index (χ3v) is 4.40. The zero-order chi connectivity index (χ0) is 17.1. The second-order valence-corrected chi connectivity index (χ2v) is 5.95. The molecule has 4 nitrogen and oxygen atoms in total. The molecule has 0 fully saturated rings. The molecule has 1 amide bonds. The van der Waals surface area contributed by atoms with Gasteiger partial charge in [-0.25, -0.2) is 0 Å². The van der Waals surface area contributed by atoms with E-state index in [1.165, 1.54) is 6.07 Å². The van der Waals surface area contributed by atoms with Crippen LogP contribution in [0.5, 0.6) is 0 Å². The van der Waals surface area contributed by atoms with Gasteiger partial charge in [0.15, 0.2) is 0 Å². The molecule has 1 aromatic heterocycles. The summed E-state index contributed by atoms with van der Waals surface area (Å²) in [4.78, 5) is 12.3. The van der Waals surface area contributed by atoms with E-state index >= 15 is 0 Å². The molecule has 0 aliphatic heterocycles. The summed E-state index contributed by atoms with van der Waals surface area (Å²) in [7, 11) is 1.93. The number of hydrogen-bond acceptors (Lipinski definition) is 2.